The second kappa shape index (κ2) is 16.8. The van der Waals surface area contributed by atoms with Gasteiger partial charge in [-0.15, -0.1) is 22.7 Å². The van der Waals surface area contributed by atoms with Crippen LogP contribution in [0.1, 0.15) is 41.8 Å². The van der Waals surface area contributed by atoms with Crippen LogP contribution in [0.3, 0.4) is 0 Å². The number of furan rings is 2. The Kier molecular flexibility index (Phi) is 9.88. The van der Waals surface area contributed by atoms with E-state index in [0.29, 0.717) is 18.2 Å². The van der Waals surface area contributed by atoms with Crippen molar-refractivity contribution in [3.05, 3.63) is 216 Å². The fourth-order valence-electron chi connectivity index (χ4n) is 11.0. The van der Waals surface area contributed by atoms with Crippen LogP contribution < -0.4 is 5.73 Å². The minimum atomic E-state index is 0.360. The second-order valence-electron chi connectivity index (χ2n) is 18.4. The number of aryl methyl sites for hydroxylation is 1. The lowest BCUT2D eigenvalue weighted by atomic mass is 9.97. The van der Waals surface area contributed by atoms with Crippen LogP contribution in [0.2, 0.25) is 0 Å². The average Bonchev–Trinajstić information content (AvgIpc) is 4.24. The van der Waals surface area contributed by atoms with E-state index in [1.165, 1.54) is 62.5 Å². The van der Waals surface area contributed by atoms with E-state index >= 15 is 0 Å². The Morgan fingerprint density at radius 1 is 0.556 bits per heavy atom. The second-order valence-corrected chi connectivity index (χ2v) is 20.6. The van der Waals surface area contributed by atoms with Gasteiger partial charge in [-0.3, -0.25) is 4.99 Å². The van der Waals surface area contributed by atoms with E-state index in [4.69, 9.17) is 24.6 Å². The van der Waals surface area contributed by atoms with Crippen LogP contribution >= 0.6 is 22.7 Å². The predicted octanol–water partition coefficient (Wildman–Crippen LogP) is 17.8. The minimum absolute atomic E-state index is 0.360. The molecule has 0 unspecified atom stereocenters. The molecule has 0 spiro atoms. The quantitative estimate of drug-likeness (QED) is 0.122. The first-order chi connectivity index (χ1) is 35.5. The van der Waals surface area contributed by atoms with Crippen molar-refractivity contribution in [1.82, 2.24) is 4.57 Å². The molecule has 6 nitrogen and oxygen atoms in total. The van der Waals surface area contributed by atoms with Crippen molar-refractivity contribution in [1.29, 1.82) is 0 Å². The molecule has 0 saturated heterocycles. The van der Waals surface area contributed by atoms with E-state index in [0.717, 1.165) is 83.8 Å². The van der Waals surface area contributed by atoms with Crippen LogP contribution in [0.5, 0.6) is 0 Å². The molecule has 0 aliphatic rings. The molecule has 0 fully saturated rings. The molecule has 0 bridgehead atoms. The molecule has 14 aromatic rings. The molecule has 72 heavy (non-hydrogen) atoms. The Morgan fingerprint density at radius 3 is 1.97 bits per heavy atom. The third-order valence-electron chi connectivity index (χ3n) is 14.3. The molecular formula is C64H44N4O2S2. The maximum absolute atomic E-state index is 6.98. The molecule has 2 N–H and O–H groups in total. The van der Waals surface area contributed by atoms with Gasteiger partial charge in [0, 0.05) is 95.9 Å². The third kappa shape index (κ3) is 6.74. The van der Waals surface area contributed by atoms with E-state index in [1.807, 2.05) is 12.1 Å². The Balaban J connectivity index is 0.874. The lowest BCUT2D eigenvalue weighted by molar-refractivity contribution is 0.668. The number of rotatable bonds is 8. The number of thiophene rings is 2. The largest absolute Gasteiger partial charge is 0.456 e. The van der Waals surface area contributed by atoms with Gasteiger partial charge in [-0.1, -0.05) is 122 Å². The topological polar surface area (TPSA) is 82.0 Å². The highest BCUT2D eigenvalue weighted by Gasteiger charge is 2.20. The number of hydrogen-bond donors (Lipinski definition) is 1. The molecule has 5 aromatic heterocycles. The molecule has 5 heterocycles. The summed E-state index contributed by atoms with van der Waals surface area (Å²) in [5.41, 5.74) is 20.1. The van der Waals surface area contributed by atoms with Crippen LogP contribution in [0.15, 0.2) is 207 Å². The van der Waals surface area contributed by atoms with Gasteiger partial charge in [0.1, 0.15) is 28.2 Å². The van der Waals surface area contributed by atoms with Gasteiger partial charge < -0.3 is 19.1 Å². The number of nitrogens with two attached hydrogens (primary N) is 1. The van der Waals surface area contributed by atoms with Crippen molar-refractivity contribution in [2.75, 3.05) is 0 Å². The Labute approximate surface area is 421 Å². The summed E-state index contributed by atoms with van der Waals surface area (Å²) >= 11 is 3.55. The third-order valence-corrected chi connectivity index (χ3v) is 16.5. The highest BCUT2D eigenvalue weighted by atomic mass is 32.1. The number of allylic oxidation sites excluding steroid dienone is 1. The number of amidine groups is 2. The maximum Gasteiger partial charge on any atom is 0.157 e. The van der Waals surface area contributed by atoms with Crippen LogP contribution in [-0.2, 0) is 13.0 Å². The zero-order chi connectivity index (χ0) is 48.0. The molecule has 0 amide bonds. The van der Waals surface area contributed by atoms with Gasteiger partial charge >= 0.3 is 0 Å². The van der Waals surface area contributed by atoms with Crippen molar-refractivity contribution in [2.45, 2.75) is 26.8 Å². The van der Waals surface area contributed by atoms with Crippen molar-refractivity contribution < 1.29 is 8.83 Å². The molecule has 344 valence electrons. The SMILES string of the molecule is C/C=C\c1c(CC)c2ccccc2n1-c1ccc2c(c1)oc1cccc(-c3ccc4oc5cccc(CN=C(N=C(N)c6ccc7c(c6)sc6ccccc67)c6ccc7c(c6)sc6ccccc67)c5c4c3)c12. The Bertz CT molecular complexity index is 4630. The number of benzene rings is 9. The highest BCUT2D eigenvalue weighted by Crippen LogP contribution is 2.42. The van der Waals surface area contributed by atoms with Gasteiger partial charge in [-0.2, -0.15) is 0 Å². The zero-order valence-corrected chi connectivity index (χ0v) is 41.1. The molecule has 0 radical (unpaired) electrons. The van der Waals surface area contributed by atoms with E-state index in [-0.39, 0.29) is 0 Å². The van der Waals surface area contributed by atoms with E-state index in [9.17, 15) is 0 Å². The lowest BCUT2D eigenvalue weighted by Crippen LogP contribution is -2.16. The summed E-state index contributed by atoms with van der Waals surface area (Å²) in [5.74, 6) is 0.991. The van der Waals surface area contributed by atoms with Gasteiger partial charge in [0.25, 0.3) is 0 Å². The lowest BCUT2D eigenvalue weighted by Gasteiger charge is -2.10. The molecule has 14 rings (SSSR count). The van der Waals surface area contributed by atoms with E-state index in [1.54, 1.807) is 22.7 Å². The molecule has 8 heteroatoms. The van der Waals surface area contributed by atoms with Gasteiger partial charge in [0.05, 0.1) is 12.1 Å². The number of nitrogens with zero attached hydrogens (tertiary/aromatic N) is 3. The fourth-order valence-corrected chi connectivity index (χ4v) is 13.3. The standard InChI is InChI=1S/C64H44N4O2S2/c1-3-13-51-42(4-2)44-15-5-8-19-52(44)68(51)41-27-30-49-56(35-41)70-55-21-12-18-43(62(49)55)37-26-31-53-50(32-37)61-40(14-11-20-54(61)69-53)36-66-64(39-25-29-48-46-17-7-10-23-58(46)72-60(48)34-39)67-63(65)38-24-28-47-45-16-6-9-22-57(45)71-59(47)33-38/h3,5-35H,4,36H2,1-2H3,(H2,65,66,67)/b13-3-. The Morgan fingerprint density at radius 2 is 1.21 bits per heavy atom. The molecule has 0 atom stereocenters. The maximum atomic E-state index is 6.98. The monoisotopic (exact) mass is 964 g/mol. The van der Waals surface area contributed by atoms with Crippen molar-refractivity contribution >= 4 is 136 Å². The first-order valence-electron chi connectivity index (χ1n) is 24.4. The average molecular weight is 965 g/mol. The number of aromatic nitrogens is 1. The summed E-state index contributed by atoms with van der Waals surface area (Å²) in [4.78, 5) is 10.5. The summed E-state index contributed by atoms with van der Waals surface area (Å²) in [7, 11) is 0. The number of hydrogen-bond acceptors (Lipinski definition) is 5. The molecular weight excluding hydrogens is 921 g/mol. The summed E-state index contributed by atoms with van der Waals surface area (Å²) in [6.45, 7) is 4.67. The van der Waals surface area contributed by atoms with Crippen molar-refractivity contribution in [3.8, 4) is 16.8 Å². The summed E-state index contributed by atoms with van der Waals surface area (Å²) in [6.07, 6.45) is 5.28. The first kappa shape index (κ1) is 42.3. The Hall–Kier alpha value is -8.56. The van der Waals surface area contributed by atoms with Crippen LogP contribution in [0, 0.1) is 0 Å². The predicted molar refractivity (Wildman–Crippen MR) is 307 cm³/mol. The summed E-state index contributed by atoms with van der Waals surface area (Å²) < 4.78 is 20.5. The van der Waals surface area contributed by atoms with Crippen molar-refractivity contribution in [3.63, 3.8) is 0 Å². The van der Waals surface area contributed by atoms with Crippen LogP contribution in [0.25, 0.3) is 118 Å². The first-order valence-corrected chi connectivity index (χ1v) is 26.0. The van der Waals surface area contributed by atoms with Gasteiger partial charge in [-0.25, -0.2) is 4.99 Å². The summed E-state index contributed by atoms with van der Waals surface area (Å²) in [5, 5.41) is 10.4. The normalized spacial score (nSPS) is 12.9. The van der Waals surface area contributed by atoms with Crippen LogP contribution in [0.4, 0.5) is 0 Å². The highest BCUT2D eigenvalue weighted by molar-refractivity contribution is 7.26. The molecule has 0 aliphatic carbocycles. The van der Waals surface area contributed by atoms with E-state index < -0.39 is 0 Å². The van der Waals surface area contributed by atoms with Gasteiger partial charge in [-0.05, 0) is 108 Å². The minimum Gasteiger partial charge on any atom is -0.456 e. The van der Waals surface area contributed by atoms with Gasteiger partial charge in [0.2, 0.25) is 0 Å². The molecule has 9 aromatic carbocycles. The summed E-state index contributed by atoms with van der Waals surface area (Å²) in [6, 6.07) is 64.4. The molecule has 0 aliphatic heterocycles. The number of para-hydroxylation sites is 1. The fraction of sp³-hybridized carbons (Fsp3) is 0.0625. The smallest absolute Gasteiger partial charge is 0.157 e. The molecule has 0 saturated carbocycles. The van der Waals surface area contributed by atoms with Crippen LogP contribution in [-0.4, -0.2) is 16.2 Å². The number of fused-ring (bicyclic) bond motifs is 13. The zero-order valence-electron chi connectivity index (χ0n) is 39.4. The van der Waals surface area contributed by atoms with E-state index in [2.05, 4.69) is 200 Å². The van der Waals surface area contributed by atoms with Crippen molar-refractivity contribution in [2.24, 2.45) is 15.7 Å². The van der Waals surface area contributed by atoms with Gasteiger partial charge in [0.15, 0.2) is 5.84 Å². The number of aliphatic imine (C=N–C) groups is 2.